The Kier molecular flexibility index (Phi) is 6.12. The summed E-state index contributed by atoms with van der Waals surface area (Å²) in [7, 11) is -3.79. The summed E-state index contributed by atoms with van der Waals surface area (Å²) in [6.45, 7) is 0.512. The number of hydrogen-bond donors (Lipinski definition) is 2. The van der Waals surface area contributed by atoms with E-state index in [9.17, 15) is 13.5 Å². The largest absolute Gasteiger partial charge is 0.393 e. The van der Waals surface area contributed by atoms with Gasteiger partial charge in [0.05, 0.1) is 26.9 Å². The Morgan fingerprint density at radius 1 is 0.967 bits per heavy atom. The number of aromatic nitrogens is 2. The molecule has 6 nitrogen and oxygen atoms in total. The molecule has 2 aromatic carbocycles. The van der Waals surface area contributed by atoms with Crippen LogP contribution in [0.3, 0.4) is 0 Å². The maximum absolute atomic E-state index is 13.1. The smallest absolute Gasteiger partial charge is 0.244 e. The van der Waals surface area contributed by atoms with Crippen LogP contribution in [0, 0.1) is 0 Å². The first-order valence-corrected chi connectivity index (χ1v) is 11.8. The molecule has 2 N–H and O–H groups in total. The maximum Gasteiger partial charge on any atom is 0.244 e. The van der Waals surface area contributed by atoms with E-state index in [1.54, 1.807) is 36.5 Å². The number of aliphatic hydroxyl groups excluding tert-OH is 1. The Hall–Kier alpha value is -1.61. The van der Waals surface area contributed by atoms with Crippen LogP contribution in [0.1, 0.15) is 12.8 Å². The molecule has 1 saturated heterocycles. The average molecular weight is 487 g/mol. The highest BCUT2D eigenvalue weighted by molar-refractivity contribution is 7.89. The van der Waals surface area contributed by atoms with Gasteiger partial charge in [-0.15, -0.1) is 0 Å². The third-order valence-corrected chi connectivity index (χ3v) is 8.16. The normalized spacial score (nSPS) is 16.1. The van der Waals surface area contributed by atoms with Crippen LogP contribution in [0.5, 0.6) is 0 Å². The monoisotopic (exact) mass is 485 g/mol. The van der Waals surface area contributed by atoms with Gasteiger partial charge in [-0.1, -0.05) is 40.9 Å². The van der Waals surface area contributed by atoms with Gasteiger partial charge >= 0.3 is 0 Å². The highest BCUT2D eigenvalue weighted by Crippen LogP contribution is 2.32. The Morgan fingerprint density at radius 2 is 1.63 bits per heavy atom. The van der Waals surface area contributed by atoms with Gasteiger partial charge in [0, 0.05) is 30.4 Å². The lowest BCUT2D eigenvalue weighted by Gasteiger charge is -2.29. The van der Waals surface area contributed by atoms with E-state index in [0.717, 1.165) is 5.56 Å². The number of rotatable bonds is 4. The summed E-state index contributed by atoms with van der Waals surface area (Å²) in [5, 5.41) is 10.7. The fourth-order valence-electron chi connectivity index (χ4n) is 3.34. The van der Waals surface area contributed by atoms with Crippen LogP contribution < -0.4 is 0 Å². The molecule has 0 aliphatic carbocycles. The van der Waals surface area contributed by atoms with Gasteiger partial charge in [0.2, 0.25) is 10.0 Å². The molecule has 1 aromatic heterocycles. The second kappa shape index (κ2) is 8.49. The van der Waals surface area contributed by atoms with Gasteiger partial charge in [-0.05, 0) is 43.2 Å². The molecule has 158 valence electrons. The third kappa shape index (κ3) is 4.23. The van der Waals surface area contributed by atoms with E-state index in [1.165, 1.54) is 10.4 Å². The fraction of sp³-hybridized carbons (Fsp3) is 0.250. The molecule has 3 aromatic rings. The Morgan fingerprint density at radius 3 is 2.33 bits per heavy atom. The molecule has 30 heavy (non-hydrogen) atoms. The van der Waals surface area contributed by atoms with Crippen molar-refractivity contribution in [3.63, 3.8) is 0 Å². The molecule has 0 atom stereocenters. The maximum atomic E-state index is 13.1. The highest BCUT2D eigenvalue weighted by atomic mass is 35.5. The number of aromatic amines is 1. The Bertz CT molecular complexity index is 1190. The number of imidazole rings is 1. The first-order valence-electron chi connectivity index (χ1n) is 9.24. The summed E-state index contributed by atoms with van der Waals surface area (Å²) >= 11 is 18.3. The summed E-state index contributed by atoms with van der Waals surface area (Å²) in [4.78, 5) is 7.64. The average Bonchev–Trinajstić information content (AvgIpc) is 3.21. The van der Waals surface area contributed by atoms with Crippen molar-refractivity contribution in [2.24, 2.45) is 0 Å². The van der Waals surface area contributed by atoms with E-state index in [4.69, 9.17) is 34.8 Å². The van der Waals surface area contributed by atoms with Gasteiger partial charge in [0.25, 0.3) is 0 Å². The van der Waals surface area contributed by atoms with Crippen LogP contribution in [0.25, 0.3) is 22.6 Å². The SMILES string of the molecule is O=S(=O)(c1cc(-c2nc(-c3ccc(Cl)c(Cl)c3)c[nH]2)ccc1Cl)N1CCC(O)CC1. The fourth-order valence-corrected chi connectivity index (χ4v) is 5.61. The van der Waals surface area contributed by atoms with Crippen molar-refractivity contribution < 1.29 is 13.5 Å². The predicted octanol–water partition coefficient (Wildman–Crippen LogP) is 4.85. The summed E-state index contributed by atoms with van der Waals surface area (Å²) in [5.41, 5.74) is 2.01. The second-order valence-corrected chi connectivity index (χ2v) is 10.2. The van der Waals surface area contributed by atoms with Crippen LogP contribution in [0.15, 0.2) is 47.5 Å². The lowest BCUT2D eigenvalue weighted by Crippen LogP contribution is -2.40. The topological polar surface area (TPSA) is 86.3 Å². The van der Waals surface area contributed by atoms with Crippen molar-refractivity contribution in [3.05, 3.63) is 57.7 Å². The van der Waals surface area contributed by atoms with Gasteiger partial charge < -0.3 is 10.1 Å². The molecule has 1 aliphatic rings. The zero-order chi connectivity index (χ0) is 21.5. The minimum atomic E-state index is -3.79. The van der Waals surface area contributed by atoms with Gasteiger partial charge in [0.15, 0.2) is 0 Å². The molecule has 1 aliphatic heterocycles. The first kappa shape index (κ1) is 21.6. The van der Waals surface area contributed by atoms with Gasteiger partial charge in [-0.3, -0.25) is 0 Å². The van der Waals surface area contributed by atoms with Gasteiger partial charge in [-0.2, -0.15) is 4.31 Å². The van der Waals surface area contributed by atoms with Crippen LogP contribution in [0.4, 0.5) is 0 Å². The molecule has 1 fully saturated rings. The van der Waals surface area contributed by atoms with E-state index >= 15 is 0 Å². The predicted molar refractivity (Wildman–Crippen MR) is 118 cm³/mol. The minimum absolute atomic E-state index is 0.0190. The second-order valence-electron chi connectivity index (χ2n) is 7.04. The van der Waals surface area contributed by atoms with E-state index < -0.39 is 16.1 Å². The molecule has 0 bridgehead atoms. The number of hydrogen-bond acceptors (Lipinski definition) is 4. The lowest BCUT2D eigenvalue weighted by atomic mass is 10.1. The van der Waals surface area contributed by atoms with Gasteiger partial charge in [0.1, 0.15) is 10.7 Å². The summed E-state index contributed by atoms with van der Waals surface area (Å²) in [6, 6.07) is 9.97. The van der Waals surface area contributed by atoms with Crippen molar-refractivity contribution in [1.29, 1.82) is 0 Å². The molecular formula is C20H18Cl3N3O3S. The molecule has 0 spiro atoms. The number of nitrogens with zero attached hydrogens (tertiary/aromatic N) is 2. The van der Waals surface area contributed by atoms with E-state index in [2.05, 4.69) is 9.97 Å². The van der Waals surface area contributed by atoms with Crippen molar-refractivity contribution in [1.82, 2.24) is 14.3 Å². The third-order valence-electron chi connectivity index (χ3n) is 5.04. The summed E-state index contributed by atoms with van der Waals surface area (Å²) in [5.74, 6) is 0.498. The van der Waals surface area contributed by atoms with Crippen LogP contribution in [-0.2, 0) is 10.0 Å². The number of halogens is 3. The molecule has 2 heterocycles. The minimum Gasteiger partial charge on any atom is -0.393 e. The number of nitrogens with one attached hydrogen (secondary N) is 1. The quantitative estimate of drug-likeness (QED) is 0.552. The zero-order valence-corrected chi connectivity index (χ0v) is 18.7. The molecule has 10 heteroatoms. The molecule has 0 radical (unpaired) electrons. The standard InChI is InChI=1S/C20H18Cl3N3O3S/c21-15-3-1-12(9-17(15)23)18-11-24-20(25-18)13-2-4-16(22)19(10-13)30(28,29)26-7-5-14(27)6-8-26/h1-4,9-11,14,27H,5-8H2,(H,24,25). The Balaban J connectivity index is 1.67. The van der Waals surface area contributed by atoms with Gasteiger partial charge in [-0.25, -0.2) is 13.4 Å². The highest BCUT2D eigenvalue weighted by Gasteiger charge is 2.30. The van der Waals surface area contributed by atoms with Crippen LogP contribution in [-0.4, -0.2) is 47.0 Å². The van der Waals surface area contributed by atoms with Crippen LogP contribution >= 0.6 is 34.8 Å². The van der Waals surface area contributed by atoms with Crippen molar-refractivity contribution in [3.8, 4) is 22.6 Å². The number of sulfonamides is 1. The van der Waals surface area contributed by atoms with Crippen LogP contribution in [0.2, 0.25) is 15.1 Å². The summed E-state index contributed by atoms with van der Waals surface area (Å²) < 4.78 is 27.5. The zero-order valence-electron chi connectivity index (χ0n) is 15.6. The molecule has 0 amide bonds. The molecular weight excluding hydrogens is 469 g/mol. The van der Waals surface area contributed by atoms with E-state index in [1.807, 2.05) is 0 Å². The van der Waals surface area contributed by atoms with Crippen molar-refractivity contribution in [2.75, 3.05) is 13.1 Å². The molecule has 0 saturated carbocycles. The lowest BCUT2D eigenvalue weighted by molar-refractivity contribution is 0.113. The van der Waals surface area contributed by atoms with E-state index in [-0.39, 0.29) is 23.0 Å². The summed E-state index contributed by atoms with van der Waals surface area (Å²) in [6.07, 6.45) is 2.05. The number of H-pyrrole nitrogens is 1. The van der Waals surface area contributed by atoms with Crippen molar-refractivity contribution in [2.45, 2.75) is 23.8 Å². The molecule has 0 unspecified atom stereocenters. The first-order chi connectivity index (χ1) is 14.3. The molecule has 4 rings (SSSR count). The number of piperidine rings is 1. The van der Waals surface area contributed by atoms with E-state index in [0.29, 0.717) is 40.0 Å². The number of benzene rings is 2. The number of aliphatic hydroxyl groups is 1. The Labute approximate surface area is 189 Å². The van der Waals surface area contributed by atoms with Crippen molar-refractivity contribution >= 4 is 44.8 Å².